The topological polar surface area (TPSA) is 12.0 Å². The predicted octanol–water partition coefficient (Wildman–Crippen LogP) is 4.26. The molecule has 3 heteroatoms. The first-order chi connectivity index (χ1) is 7.77. The summed E-state index contributed by atoms with van der Waals surface area (Å²) in [6, 6.07) is 6.98. The summed E-state index contributed by atoms with van der Waals surface area (Å²) in [6.45, 7) is 5.54. The van der Waals surface area contributed by atoms with E-state index in [2.05, 4.69) is 53.5 Å². The summed E-state index contributed by atoms with van der Waals surface area (Å²) >= 11 is 3.59. The molecule has 2 unspecified atom stereocenters. The van der Waals surface area contributed by atoms with Gasteiger partial charge in [0.1, 0.15) is 0 Å². The van der Waals surface area contributed by atoms with Crippen molar-refractivity contribution in [2.75, 3.05) is 6.54 Å². The van der Waals surface area contributed by atoms with E-state index in [1.54, 1.807) is 11.3 Å². The Bertz CT molecular complexity index is 351. The molecule has 0 aromatic carbocycles. The Morgan fingerprint density at radius 3 is 2.75 bits per heavy atom. The van der Waals surface area contributed by atoms with E-state index in [1.165, 1.54) is 10.4 Å². The summed E-state index contributed by atoms with van der Waals surface area (Å²) in [7, 11) is 0. The zero-order chi connectivity index (χ0) is 11.4. The molecular weight excluding hydrogens is 234 g/mol. The van der Waals surface area contributed by atoms with Gasteiger partial charge in [0.15, 0.2) is 0 Å². The molecule has 0 saturated carbocycles. The quantitative estimate of drug-likeness (QED) is 0.837. The third-order valence-corrected chi connectivity index (χ3v) is 4.57. The second-order valence-electron chi connectivity index (χ2n) is 4.10. The van der Waals surface area contributed by atoms with Gasteiger partial charge in [-0.25, -0.2) is 0 Å². The van der Waals surface area contributed by atoms with Crippen molar-refractivity contribution in [2.24, 2.45) is 0 Å². The fourth-order valence-electron chi connectivity index (χ4n) is 1.67. The third kappa shape index (κ3) is 2.94. The fraction of sp³-hybridized carbons (Fsp3) is 0.385. The van der Waals surface area contributed by atoms with E-state index in [0.717, 1.165) is 6.54 Å². The molecule has 0 aliphatic heterocycles. The molecule has 16 heavy (non-hydrogen) atoms. The Morgan fingerprint density at radius 1 is 1.25 bits per heavy atom. The molecule has 2 heterocycles. The van der Waals surface area contributed by atoms with Crippen molar-refractivity contribution < 1.29 is 0 Å². The van der Waals surface area contributed by atoms with Crippen LogP contribution in [-0.4, -0.2) is 6.54 Å². The van der Waals surface area contributed by atoms with Crippen molar-refractivity contribution >= 4 is 22.7 Å². The number of thiophene rings is 2. The highest BCUT2D eigenvalue weighted by atomic mass is 32.1. The zero-order valence-electron chi connectivity index (χ0n) is 9.64. The molecule has 1 nitrogen and oxygen atoms in total. The molecule has 2 atom stereocenters. The summed E-state index contributed by atoms with van der Waals surface area (Å²) < 4.78 is 0. The number of hydrogen-bond acceptors (Lipinski definition) is 3. The van der Waals surface area contributed by atoms with Gasteiger partial charge in [-0.3, -0.25) is 0 Å². The highest BCUT2D eigenvalue weighted by Gasteiger charge is 2.09. The Kier molecular flexibility index (Phi) is 4.16. The fourth-order valence-corrected chi connectivity index (χ4v) is 3.21. The van der Waals surface area contributed by atoms with E-state index in [-0.39, 0.29) is 0 Å². The highest BCUT2D eigenvalue weighted by molar-refractivity contribution is 7.10. The van der Waals surface area contributed by atoms with Crippen molar-refractivity contribution in [1.82, 2.24) is 5.32 Å². The summed E-state index contributed by atoms with van der Waals surface area (Å²) in [6.07, 6.45) is 0. The van der Waals surface area contributed by atoms with Crippen LogP contribution >= 0.6 is 22.7 Å². The molecule has 0 saturated heterocycles. The normalized spacial score (nSPS) is 14.9. The van der Waals surface area contributed by atoms with Gasteiger partial charge >= 0.3 is 0 Å². The minimum Gasteiger partial charge on any atom is -0.309 e. The Labute approximate surface area is 105 Å². The van der Waals surface area contributed by atoms with E-state index in [1.807, 2.05) is 11.3 Å². The molecule has 2 aromatic heterocycles. The minimum atomic E-state index is 0.459. The lowest BCUT2D eigenvalue weighted by molar-refractivity contribution is 0.543. The van der Waals surface area contributed by atoms with E-state index in [4.69, 9.17) is 0 Å². The molecule has 0 spiro atoms. The first-order valence-electron chi connectivity index (χ1n) is 5.56. The SMILES string of the molecule is CC(CNC(C)c1cccs1)c1ccsc1. The maximum absolute atomic E-state index is 3.59. The van der Waals surface area contributed by atoms with E-state index in [0.29, 0.717) is 12.0 Å². The molecule has 0 bridgehead atoms. The summed E-state index contributed by atoms with van der Waals surface area (Å²) in [5, 5.41) is 10.1. The molecule has 1 N–H and O–H groups in total. The van der Waals surface area contributed by atoms with Gasteiger partial charge in [-0.1, -0.05) is 13.0 Å². The first-order valence-corrected chi connectivity index (χ1v) is 7.38. The van der Waals surface area contributed by atoms with Crippen LogP contribution in [0.2, 0.25) is 0 Å². The van der Waals surface area contributed by atoms with Crippen molar-refractivity contribution in [3.8, 4) is 0 Å². The molecule has 86 valence electrons. The van der Waals surface area contributed by atoms with Gasteiger partial charge in [-0.05, 0) is 46.7 Å². The van der Waals surface area contributed by atoms with Crippen LogP contribution in [0, 0.1) is 0 Å². The maximum Gasteiger partial charge on any atom is 0.0386 e. The highest BCUT2D eigenvalue weighted by Crippen LogP contribution is 2.21. The van der Waals surface area contributed by atoms with Gasteiger partial charge in [0.2, 0.25) is 0 Å². The largest absolute Gasteiger partial charge is 0.309 e. The molecule has 0 radical (unpaired) electrons. The Morgan fingerprint density at radius 2 is 2.12 bits per heavy atom. The first kappa shape index (κ1) is 11.8. The van der Waals surface area contributed by atoms with Crippen LogP contribution in [0.1, 0.15) is 36.2 Å². The second-order valence-corrected chi connectivity index (χ2v) is 5.86. The van der Waals surface area contributed by atoms with E-state index < -0.39 is 0 Å². The Hall–Kier alpha value is -0.640. The molecule has 0 aliphatic rings. The molecule has 0 fully saturated rings. The van der Waals surface area contributed by atoms with Gasteiger partial charge in [0.05, 0.1) is 0 Å². The van der Waals surface area contributed by atoms with Crippen LogP contribution in [0.25, 0.3) is 0 Å². The lowest BCUT2D eigenvalue weighted by Gasteiger charge is -2.16. The van der Waals surface area contributed by atoms with Crippen LogP contribution in [0.3, 0.4) is 0 Å². The average Bonchev–Trinajstić information content (AvgIpc) is 2.95. The van der Waals surface area contributed by atoms with Crippen molar-refractivity contribution in [2.45, 2.75) is 25.8 Å². The standard InChI is InChI=1S/C13H17NS2/c1-10(12-5-7-15-9-12)8-14-11(2)13-4-3-6-16-13/h3-7,9-11,14H,8H2,1-2H3. The number of hydrogen-bond donors (Lipinski definition) is 1. The van der Waals surface area contributed by atoms with E-state index >= 15 is 0 Å². The average molecular weight is 251 g/mol. The van der Waals surface area contributed by atoms with Crippen LogP contribution in [-0.2, 0) is 0 Å². The van der Waals surface area contributed by atoms with Crippen LogP contribution in [0.15, 0.2) is 34.3 Å². The minimum absolute atomic E-state index is 0.459. The lowest BCUT2D eigenvalue weighted by atomic mass is 10.0. The van der Waals surface area contributed by atoms with Gasteiger partial charge in [-0.2, -0.15) is 11.3 Å². The van der Waals surface area contributed by atoms with Gasteiger partial charge in [-0.15, -0.1) is 11.3 Å². The monoisotopic (exact) mass is 251 g/mol. The maximum atomic E-state index is 3.59. The predicted molar refractivity (Wildman–Crippen MR) is 73.5 cm³/mol. The molecule has 0 amide bonds. The van der Waals surface area contributed by atoms with Gasteiger partial charge in [0, 0.05) is 17.5 Å². The van der Waals surface area contributed by atoms with Gasteiger partial charge < -0.3 is 5.32 Å². The van der Waals surface area contributed by atoms with Crippen LogP contribution in [0.4, 0.5) is 0 Å². The summed E-state index contributed by atoms with van der Waals surface area (Å²) in [5.74, 6) is 0.591. The smallest absolute Gasteiger partial charge is 0.0386 e. The second kappa shape index (κ2) is 5.62. The van der Waals surface area contributed by atoms with Crippen molar-refractivity contribution in [3.63, 3.8) is 0 Å². The van der Waals surface area contributed by atoms with Crippen LogP contribution < -0.4 is 5.32 Å². The molecule has 0 aliphatic carbocycles. The molecule has 2 rings (SSSR count). The zero-order valence-corrected chi connectivity index (χ0v) is 11.3. The molecular formula is C13H17NS2. The number of rotatable bonds is 5. The van der Waals surface area contributed by atoms with Crippen molar-refractivity contribution in [1.29, 1.82) is 0 Å². The van der Waals surface area contributed by atoms with Gasteiger partial charge in [0.25, 0.3) is 0 Å². The van der Waals surface area contributed by atoms with Crippen LogP contribution in [0.5, 0.6) is 0 Å². The molecule has 2 aromatic rings. The Balaban J connectivity index is 1.84. The third-order valence-electron chi connectivity index (χ3n) is 2.81. The lowest BCUT2D eigenvalue weighted by Crippen LogP contribution is -2.22. The van der Waals surface area contributed by atoms with Crippen molar-refractivity contribution in [3.05, 3.63) is 44.8 Å². The van der Waals surface area contributed by atoms with E-state index in [9.17, 15) is 0 Å². The summed E-state index contributed by atoms with van der Waals surface area (Å²) in [4.78, 5) is 1.41. The number of nitrogens with one attached hydrogen (secondary N) is 1. The summed E-state index contributed by atoms with van der Waals surface area (Å²) in [5.41, 5.74) is 1.44.